The van der Waals surface area contributed by atoms with Crippen molar-refractivity contribution in [3.05, 3.63) is 24.0 Å². The van der Waals surface area contributed by atoms with Gasteiger partial charge >= 0.3 is 0 Å². The van der Waals surface area contributed by atoms with Crippen LogP contribution in [0.25, 0.3) is 0 Å². The van der Waals surface area contributed by atoms with Gasteiger partial charge in [-0.2, -0.15) is 0 Å². The molecule has 19 heavy (non-hydrogen) atoms. The standard InChI is InChI=1S/C13H17FN2O2.ClH/c1-13(5-6-15-8-13)12(17)16-9-3-4-11(18-2)10(14)7-9;/h3-4,7,15H,5-6,8H2,1-2H3,(H,16,17);1H. The van der Waals surface area contributed by atoms with Gasteiger partial charge in [0.2, 0.25) is 5.91 Å². The van der Waals surface area contributed by atoms with Gasteiger partial charge in [-0.1, -0.05) is 0 Å². The van der Waals surface area contributed by atoms with E-state index >= 15 is 0 Å². The molecular formula is C13H18ClFN2O2. The highest BCUT2D eigenvalue weighted by atomic mass is 35.5. The molecule has 0 aromatic heterocycles. The zero-order valence-electron chi connectivity index (χ0n) is 11.0. The van der Waals surface area contributed by atoms with Gasteiger partial charge in [-0.3, -0.25) is 4.79 Å². The number of ether oxygens (including phenoxy) is 1. The third-order valence-corrected chi connectivity index (χ3v) is 3.33. The first-order chi connectivity index (χ1) is 8.55. The van der Waals surface area contributed by atoms with E-state index in [1.807, 2.05) is 6.92 Å². The van der Waals surface area contributed by atoms with Crippen molar-refractivity contribution in [2.45, 2.75) is 13.3 Å². The molecule has 0 spiro atoms. The molecule has 0 bridgehead atoms. The Hall–Kier alpha value is -1.33. The van der Waals surface area contributed by atoms with Gasteiger partial charge in [-0.15, -0.1) is 12.4 Å². The quantitative estimate of drug-likeness (QED) is 0.896. The first kappa shape index (κ1) is 15.7. The summed E-state index contributed by atoms with van der Waals surface area (Å²) in [6, 6.07) is 4.40. The monoisotopic (exact) mass is 288 g/mol. The van der Waals surface area contributed by atoms with Crippen molar-refractivity contribution < 1.29 is 13.9 Å². The fourth-order valence-electron chi connectivity index (χ4n) is 2.04. The van der Waals surface area contributed by atoms with Crippen molar-refractivity contribution in [3.63, 3.8) is 0 Å². The van der Waals surface area contributed by atoms with Crippen molar-refractivity contribution in [3.8, 4) is 5.75 Å². The van der Waals surface area contributed by atoms with Crippen LogP contribution in [0.3, 0.4) is 0 Å². The summed E-state index contributed by atoms with van der Waals surface area (Å²) in [6.07, 6.45) is 0.789. The summed E-state index contributed by atoms with van der Waals surface area (Å²) in [5.74, 6) is -0.399. The molecule has 2 N–H and O–H groups in total. The SMILES string of the molecule is COc1ccc(NC(=O)C2(C)CCNC2)cc1F.Cl. The minimum absolute atomic E-state index is 0. The average Bonchev–Trinajstić information content (AvgIpc) is 2.78. The van der Waals surface area contributed by atoms with E-state index in [0.29, 0.717) is 12.2 Å². The van der Waals surface area contributed by atoms with Crippen molar-refractivity contribution in [2.24, 2.45) is 5.41 Å². The lowest BCUT2D eigenvalue weighted by molar-refractivity contribution is -0.123. The second-order valence-electron chi connectivity index (χ2n) is 4.79. The highest BCUT2D eigenvalue weighted by molar-refractivity contribution is 5.95. The number of carbonyl (C=O) groups is 1. The Morgan fingerprint density at radius 2 is 2.26 bits per heavy atom. The molecule has 1 heterocycles. The Balaban J connectivity index is 0.00000180. The number of rotatable bonds is 3. The van der Waals surface area contributed by atoms with E-state index in [4.69, 9.17) is 4.74 Å². The van der Waals surface area contributed by atoms with Crippen LogP contribution >= 0.6 is 12.4 Å². The Morgan fingerprint density at radius 1 is 1.53 bits per heavy atom. The average molecular weight is 289 g/mol. The summed E-state index contributed by atoms with van der Waals surface area (Å²) in [4.78, 5) is 12.1. The van der Waals surface area contributed by atoms with Gasteiger partial charge < -0.3 is 15.4 Å². The number of carbonyl (C=O) groups excluding carboxylic acids is 1. The van der Waals surface area contributed by atoms with Crippen molar-refractivity contribution >= 4 is 24.0 Å². The van der Waals surface area contributed by atoms with Crippen LogP contribution < -0.4 is 15.4 Å². The van der Waals surface area contributed by atoms with Gasteiger partial charge in [0.1, 0.15) is 0 Å². The molecule has 1 aromatic rings. The van der Waals surface area contributed by atoms with Crippen LogP contribution in [0.15, 0.2) is 18.2 Å². The summed E-state index contributed by atoms with van der Waals surface area (Å²) < 4.78 is 18.3. The lowest BCUT2D eigenvalue weighted by Gasteiger charge is -2.21. The number of amides is 1. The summed E-state index contributed by atoms with van der Waals surface area (Å²) in [7, 11) is 1.40. The second-order valence-corrected chi connectivity index (χ2v) is 4.79. The number of methoxy groups -OCH3 is 1. The number of hydrogen-bond donors (Lipinski definition) is 2. The van der Waals surface area contributed by atoms with E-state index in [-0.39, 0.29) is 24.1 Å². The van der Waals surface area contributed by atoms with Gasteiger partial charge in [-0.05, 0) is 32.0 Å². The predicted octanol–water partition coefficient (Wildman–Crippen LogP) is 2.19. The molecule has 4 nitrogen and oxygen atoms in total. The second kappa shape index (κ2) is 6.21. The largest absolute Gasteiger partial charge is 0.494 e. The maximum absolute atomic E-state index is 13.5. The van der Waals surface area contributed by atoms with Crippen LogP contribution in [-0.4, -0.2) is 26.1 Å². The Kier molecular flexibility index (Phi) is 5.14. The molecule has 1 amide bonds. The van der Waals surface area contributed by atoms with Gasteiger partial charge in [-0.25, -0.2) is 4.39 Å². The van der Waals surface area contributed by atoms with E-state index < -0.39 is 11.2 Å². The van der Waals surface area contributed by atoms with Crippen LogP contribution in [0.4, 0.5) is 10.1 Å². The zero-order valence-corrected chi connectivity index (χ0v) is 11.8. The molecule has 1 atom stereocenters. The predicted molar refractivity (Wildman–Crippen MR) is 74.4 cm³/mol. The summed E-state index contributed by atoms with van der Waals surface area (Å²) in [6.45, 7) is 3.39. The van der Waals surface area contributed by atoms with E-state index in [9.17, 15) is 9.18 Å². The van der Waals surface area contributed by atoms with Crippen molar-refractivity contribution in [2.75, 3.05) is 25.5 Å². The highest BCUT2D eigenvalue weighted by Gasteiger charge is 2.36. The van der Waals surface area contributed by atoms with Crippen LogP contribution in [0.2, 0.25) is 0 Å². The molecular weight excluding hydrogens is 271 g/mol. The van der Waals surface area contributed by atoms with Gasteiger partial charge in [0.05, 0.1) is 12.5 Å². The van der Waals surface area contributed by atoms with Crippen LogP contribution in [0.5, 0.6) is 5.75 Å². The molecule has 2 rings (SSSR count). The number of halogens is 2. The molecule has 0 radical (unpaired) electrons. The third-order valence-electron chi connectivity index (χ3n) is 3.33. The Bertz CT molecular complexity index is 462. The van der Waals surface area contributed by atoms with Crippen molar-refractivity contribution in [1.82, 2.24) is 5.32 Å². The lowest BCUT2D eigenvalue weighted by Crippen LogP contribution is -2.35. The minimum Gasteiger partial charge on any atom is -0.494 e. The number of anilines is 1. The fourth-order valence-corrected chi connectivity index (χ4v) is 2.04. The number of nitrogens with one attached hydrogen (secondary N) is 2. The van der Waals surface area contributed by atoms with Crippen LogP contribution in [-0.2, 0) is 4.79 Å². The normalized spacial score (nSPS) is 21.6. The topological polar surface area (TPSA) is 50.4 Å². The molecule has 1 saturated heterocycles. The molecule has 0 saturated carbocycles. The highest BCUT2D eigenvalue weighted by Crippen LogP contribution is 2.27. The van der Waals surface area contributed by atoms with E-state index in [1.165, 1.54) is 19.2 Å². The molecule has 1 aromatic carbocycles. The number of hydrogen-bond acceptors (Lipinski definition) is 3. The van der Waals surface area contributed by atoms with E-state index in [1.54, 1.807) is 6.07 Å². The Labute approximate surface area is 118 Å². The Morgan fingerprint density at radius 3 is 2.79 bits per heavy atom. The molecule has 1 fully saturated rings. The third kappa shape index (κ3) is 3.36. The molecule has 1 unspecified atom stereocenters. The van der Waals surface area contributed by atoms with Gasteiger partial charge in [0.25, 0.3) is 0 Å². The fraction of sp³-hybridized carbons (Fsp3) is 0.462. The smallest absolute Gasteiger partial charge is 0.231 e. The van der Waals surface area contributed by atoms with Crippen LogP contribution in [0, 0.1) is 11.2 Å². The van der Waals surface area contributed by atoms with Crippen LogP contribution in [0.1, 0.15) is 13.3 Å². The van der Waals surface area contributed by atoms with E-state index in [0.717, 1.165) is 13.0 Å². The first-order valence-corrected chi connectivity index (χ1v) is 5.91. The molecule has 106 valence electrons. The summed E-state index contributed by atoms with van der Waals surface area (Å²) in [5.41, 5.74) is 0.0302. The maximum Gasteiger partial charge on any atom is 0.231 e. The van der Waals surface area contributed by atoms with Gasteiger partial charge in [0.15, 0.2) is 11.6 Å². The summed E-state index contributed by atoms with van der Waals surface area (Å²) >= 11 is 0. The first-order valence-electron chi connectivity index (χ1n) is 5.91. The molecule has 0 aliphatic carbocycles. The zero-order chi connectivity index (χ0) is 13.2. The molecule has 1 aliphatic heterocycles. The molecule has 6 heteroatoms. The summed E-state index contributed by atoms with van der Waals surface area (Å²) in [5, 5.41) is 5.90. The van der Waals surface area contributed by atoms with E-state index in [2.05, 4.69) is 10.6 Å². The maximum atomic E-state index is 13.5. The molecule has 1 aliphatic rings. The lowest BCUT2D eigenvalue weighted by atomic mass is 9.89. The minimum atomic E-state index is -0.481. The van der Waals surface area contributed by atoms with Crippen molar-refractivity contribution in [1.29, 1.82) is 0 Å². The number of benzene rings is 1. The van der Waals surface area contributed by atoms with Gasteiger partial charge in [0, 0.05) is 18.3 Å².